The molecule has 0 aliphatic heterocycles. The number of phenolic OH excluding ortho intramolecular Hbond substituents is 1. The summed E-state index contributed by atoms with van der Waals surface area (Å²) >= 11 is 0. The van der Waals surface area contributed by atoms with E-state index in [-0.39, 0.29) is 25.0 Å². The van der Waals surface area contributed by atoms with Crippen molar-refractivity contribution in [2.24, 2.45) is 5.73 Å². The minimum absolute atomic E-state index is 0.0342. The molecular formula is C28H34N2O6. The molecule has 0 fully saturated rings. The predicted molar refractivity (Wildman–Crippen MR) is 137 cm³/mol. The number of phenols is 1. The average molecular weight is 495 g/mol. The quantitative estimate of drug-likeness (QED) is 0.298. The molecule has 3 aromatic rings. The molecule has 8 heteroatoms. The second kappa shape index (κ2) is 14.0. The van der Waals surface area contributed by atoms with Gasteiger partial charge in [0.1, 0.15) is 42.3 Å². The Labute approximate surface area is 211 Å². The normalized spacial score (nSPS) is 12.6. The van der Waals surface area contributed by atoms with Crippen LogP contribution in [0.25, 0.3) is 0 Å². The second-order valence-corrected chi connectivity index (χ2v) is 8.54. The van der Waals surface area contributed by atoms with Gasteiger partial charge < -0.3 is 30.2 Å². The zero-order valence-corrected chi connectivity index (χ0v) is 20.5. The summed E-state index contributed by atoms with van der Waals surface area (Å²) in [5.41, 5.74) is 5.94. The SMILES string of the molecule is C[C@H](COc1ccc(OCC(N)=O)cc1)N(CCc1ccccc1O)C[C@H](O)COc1ccccc1. The van der Waals surface area contributed by atoms with Crippen LogP contribution in [0.1, 0.15) is 12.5 Å². The molecule has 3 rings (SSSR count). The fourth-order valence-corrected chi connectivity index (χ4v) is 3.62. The van der Waals surface area contributed by atoms with Crippen LogP contribution in [-0.2, 0) is 11.2 Å². The number of nitrogens with two attached hydrogens (primary N) is 1. The fraction of sp³-hybridized carbons (Fsp3) is 0.321. The Balaban J connectivity index is 1.57. The molecule has 0 aromatic heterocycles. The molecule has 2 atom stereocenters. The molecule has 1 amide bonds. The Morgan fingerprint density at radius 3 is 2.11 bits per heavy atom. The van der Waals surface area contributed by atoms with Crippen molar-refractivity contribution in [2.45, 2.75) is 25.5 Å². The molecule has 0 aliphatic carbocycles. The maximum absolute atomic E-state index is 10.9. The molecular weight excluding hydrogens is 460 g/mol. The van der Waals surface area contributed by atoms with Crippen molar-refractivity contribution in [3.63, 3.8) is 0 Å². The number of primary amides is 1. The van der Waals surface area contributed by atoms with Crippen molar-refractivity contribution in [1.82, 2.24) is 4.90 Å². The highest BCUT2D eigenvalue weighted by Gasteiger charge is 2.20. The zero-order valence-electron chi connectivity index (χ0n) is 20.5. The van der Waals surface area contributed by atoms with E-state index in [2.05, 4.69) is 4.90 Å². The number of aliphatic hydroxyl groups excluding tert-OH is 1. The lowest BCUT2D eigenvalue weighted by atomic mass is 10.1. The maximum atomic E-state index is 10.9. The third-order valence-corrected chi connectivity index (χ3v) is 5.61. The number of carbonyl (C=O) groups excluding carboxylic acids is 1. The van der Waals surface area contributed by atoms with Gasteiger partial charge in [-0.15, -0.1) is 0 Å². The molecule has 36 heavy (non-hydrogen) atoms. The monoisotopic (exact) mass is 494 g/mol. The number of nitrogens with zero attached hydrogens (tertiary/aromatic N) is 1. The van der Waals surface area contributed by atoms with Crippen LogP contribution in [-0.4, -0.2) is 66.1 Å². The van der Waals surface area contributed by atoms with E-state index in [0.717, 1.165) is 5.56 Å². The number of ether oxygens (including phenoxy) is 3. The number of hydrogen-bond donors (Lipinski definition) is 3. The van der Waals surface area contributed by atoms with Gasteiger partial charge in [-0.1, -0.05) is 36.4 Å². The van der Waals surface area contributed by atoms with Crippen LogP contribution in [0.5, 0.6) is 23.0 Å². The van der Waals surface area contributed by atoms with Gasteiger partial charge in [-0.05, 0) is 61.4 Å². The molecule has 0 spiro atoms. The molecule has 3 aromatic carbocycles. The lowest BCUT2D eigenvalue weighted by molar-refractivity contribution is -0.119. The molecule has 8 nitrogen and oxygen atoms in total. The van der Waals surface area contributed by atoms with Crippen molar-refractivity contribution >= 4 is 5.91 Å². The third kappa shape index (κ3) is 9.13. The number of hydrogen-bond acceptors (Lipinski definition) is 7. The number of carbonyl (C=O) groups is 1. The van der Waals surface area contributed by atoms with Crippen LogP contribution >= 0.6 is 0 Å². The summed E-state index contributed by atoms with van der Waals surface area (Å²) < 4.78 is 17.0. The van der Waals surface area contributed by atoms with Crippen molar-refractivity contribution in [3.05, 3.63) is 84.4 Å². The summed E-state index contributed by atoms with van der Waals surface area (Å²) in [4.78, 5) is 13.0. The fourth-order valence-electron chi connectivity index (χ4n) is 3.62. The molecule has 4 N–H and O–H groups in total. The second-order valence-electron chi connectivity index (χ2n) is 8.54. The zero-order chi connectivity index (χ0) is 25.8. The maximum Gasteiger partial charge on any atom is 0.255 e. The van der Waals surface area contributed by atoms with Gasteiger partial charge in [0, 0.05) is 19.1 Å². The minimum atomic E-state index is -0.710. The van der Waals surface area contributed by atoms with E-state index in [1.165, 1.54) is 0 Å². The van der Waals surface area contributed by atoms with E-state index in [4.69, 9.17) is 19.9 Å². The van der Waals surface area contributed by atoms with E-state index < -0.39 is 12.0 Å². The Hall–Kier alpha value is -3.75. The standard InChI is InChI=1S/C28H34N2O6/c1-21(18-34-25-11-13-26(14-12-25)36-20-28(29)33)30(16-15-22-7-5-6-10-27(22)32)17-23(31)19-35-24-8-3-2-4-9-24/h2-14,21,23,31-32H,15-20H2,1H3,(H2,29,33)/t21-,23+/m1/s1. The number of para-hydroxylation sites is 2. The van der Waals surface area contributed by atoms with E-state index in [1.807, 2.05) is 49.4 Å². The number of amides is 1. The lowest BCUT2D eigenvalue weighted by Gasteiger charge is -2.31. The number of aromatic hydroxyl groups is 1. The van der Waals surface area contributed by atoms with Crippen LogP contribution in [0.4, 0.5) is 0 Å². The number of benzene rings is 3. The number of aliphatic hydroxyl groups is 1. The summed E-state index contributed by atoms with van der Waals surface area (Å²) in [6, 6.07) is 23.5. The molecule has 0 saturated heterocycles. The highest BCUT2D eigenvalue weighted by molar-refractivity contribution is 5.75. The van der Waals surface area contributed by atoms with Gasteiger partial charge in [-0.2, -0.15) is 0 Å². The summed E-state index contributed by atoms with van der Waals surface area (Å²) in [5.74, 6) is 1.61. The van der Waals surface area contributed by atoms with Crippen LogP contribution in [0.15, 0.2) is 78.9 Å². The van der Waals surface area contributed by atoms with Crippen LogP contribution in [0.3, 0.4) is 0 Å². The van der Waals surface area contributed by atoms with Gasteiger partial charge in [0.15, 0.2) is 6.61 Å². The van der Waals surface area contributed by atoms with Gasteiger partial charge in [0.05, 0.1) is 0 Å². The molecule has 0 saturated carbocycles. The molecule has 0 aliphatic rings. The third-order valence-electron chi connectivity index (χ3n) is 5.61. The van der Waals surface area contributed by atoms with Gasteiger partial charge in [-0.25, -0.2) is 0 Å². The first-order chi connectivity index (χ1) is 17.4. The van der Waals surface area contributed by atoms with Gasteiger partial charge in [-0.3, -0.25) is 9.69 Å². The summed E-state index contributed by atoms with van der Waals surface area (Å²) in [7, 11) is 0. The first-order valence-electron chi connectivity index (χ1n) is 11.9. The van der Waals surface area contributed by atoms with Gasteiger partial charge in [0.25, 0.3) is 5.91 Å². The van der Waals surface area contributed by atoms with E-state index in [9.17, 15) is 15.0 Å². The molecule has 0 bridgehead atoms. The summed E-state index contributed by atoms with van der Waals surface area (Å²) in [6.07, 6.45) is -0.0893. The summed E-state index contributed by atoms with van der Waals surface area (Å²) in [5, 5.41) is 20.8. The van der Waals surface area contributed by atoms with Crippen molar-refractivity contribution in [3.8, 4) is 23.0 Å². The van der Waals surface area contributed by atoms with E-state index >= 15 is 0 Å². The first-order valence-corrected chi connectivity index (χ1v) is 11.9. The molecule has 0 radical (unpaired) electrons. The topological polar surface area (TPSA) is 114 Å². The van der Waals surface area contributed by atoms with E-state index in [0.29, 0.717) is 43.4 Å². The summed E-state index contributed by atoms with van der Waals surface area (Å²) in [6.45, 7) is 3.39. The van der Waals surface area contributed by atoms with Crippen molar-refractivity contribution in [1.29, 1.82) is 0 Å². The van der Waals surface area contributed by atoms with Crippen LogP contribution in [0, 0.1) is 0 Å². The van der Waals surface area contributed by atoms with E-state index in [1.54, 1.807) is 36.4 Å². The Kier molecular flexibility index (Phi) is 10.4. The Morgan fingerprint density at radius 1 is 0.861 bits per heavy atom. The lowest BCUT2D eigenvalue weighted by Crippen LogP contribution is -2.44. The molecule has 0 heterocycles. The largest absolute Gasteiger partial charge is 0.508 e. The minimum Gasteiger partial charge on any atom is -0.508 e. The highest BCUT2D eigenvalue weighted by Crippen LogP contribution is 2.20. The Morgan fingerprint density at radius 2 is 1.44 bits per heavy atom. The Bertz CT molecular complexity index is 1060. The van der Waals surface area contributed by atoms with Gasteiger partial charge >= 0.3 is 0 Å². The number of rotatable bonds is 15. The average Bonchev–Trinajstić information content (AvgIpc) is 2.89. The smallest absolute Gasteiger partial charge is 0.255 e. The van der Waals surface area contributed by atoms with Crippen molar-refractivity contribution < 1.29 is 29.2 Å². The van der Waals surface area contributed by atoms with Crippen LogP contribution < -0.4 is 19.9 Å². The van der Waals surface area contributed by atoms with Crippen molar-refractivity contribution in [2.75, 3.05) is 32.9 Å². The van der Waals surface area contributed by atoms with Crippen LogP contribution in [0.2, 0.25) is 0 Å². The van der Waals surface area contributed by atoms with Gasteiger partial charge in [0.2, 0.25) is 0 Å². The highest BCUT2D eigenvalue weighted by atomic mass is 16.5. The first kappa shape index (κ1) is 26.8. The molecule has 0 unspecified atom stereocenters. The molecule has 192 valence electrons. The predicted octanol–water partition coefficient (Wildman–Crippen LogP) is 3.01.